The van der Waals surface area contributed by atoms with Gasteiger partial charge < -0.3 is 15.1 Å². The molecule has 1 aliphatic heterocycles. The fourth-order valence-corrected chi connectivity index (χ4v) is 4.17. The molecule has 1 aromatic carbocycles. The molecule has 1 aliphatic rings. The summed E-state index contributed by atoms with van der Waals surface area (Å²) in [6.07, 6.45) is 3.81. The van der Waals surface area contributed by atoms with Gasteiger partial charge in [0, 0.05) is 12.1 Å². The Morgan fingerprint density at radius 2 is 2.15 bits per heavy atom. The van der Waals surface area contributed by atoms with Crippen LogP contribution in [0.1, 0.15) is 22.5 Å². The Morgan fingerprint density at radius 3 is 2.88 bits per heavy atom. The van der Waals surface area contributed by atoms with Crippen LogP contribution >= 0.6 is 11.3 Å². The zero-order chi connectivity index (χ0) is 17.8. The van der Waals surface area contributed by atoms with Crippen molar-refractivity contribution in [3.8, 4) is 22.0 Å². The number of carbonyl (C=O) groups excluding carboxylic acids is 1. The number of benzene rings is 1. The third-order valence-electron chi connectivity index (χ3n) is 4.61. The van der Waals surface area contributed by atoms with Crippen molar-refractivity contribution >= 4 is 17.2 Å². The number of hydrogen-bond donors (Lipinski definition) is 2. The van der Waals surface area contributed by atoms with Crippen LogP contribution in [-0.2, 0) is 0 Å². The molecule has 1 amide bonds. The maximum Gasteiger partial charge on any atom is 0.263 e. The van der Waals surface area contributed by atoms with Gasteiger partial charge in [-0.25, -0.2) is 4.98 Å². The summed E-state index contributed by atoms with van der Waals surface area (Å²) in [6, 6.07) is 13.5. The fourth-order valence-electron chi connectivity index (χ4n) is 3.20. The first-order valence-electron chi connectivity index (χ1n) is 8.90. The maximum absolute atomic E-state index is 12.8. The lowest BCUT2D eigenvalue weighted by molar-refractivity contribution is 0.0956. The van der Waals surface area contributed by atoms with E-state index < -0.39 is 0 Å². The predicted octanol–water partition coefficient (Wildman–Crippen LogP) is 3.80. The largest absolute Gasteiger partial charge is 0.462 e. The highest BCUT2D eigenvalue weighted by Crippen LogP contribution is 2.34. The Kier molecular flexibility index (Phi) is 5.13. The highest BCUT2D eigenvalue weighted by atomic mass is 32.1. The van der Waals surface area contributed by atoms with Crippen molar-refractivity contribution in [3.63, 3.8) is 0 Å². The summed E-state index contributed by atoms with van der Waals surface area (Å²) in [5, 5.41) is 7.15. The summed E-state index contributed by atoms with van der Waals surface area (Å²) in [5.41, 5.74) is 1.65. The topological polar surface area (TPSA) is 67.2 Å². The molecule has 6 heteroatoms. The van der Waals surface area contributed by atoms with Crippen molar-refractivity contribution < 1.29 is 9.21 Å². The van der Waals surface area contributed by atoms with E-state index in [1.54, 1.807) is 6.26 Å². The lowest BCUT2D eigenvalue weighted by atomic mass is 10.1. The quantitative estimate of drug-likeness (QED) is 0.695. The second kappa shape index (κ2) is 7.85. The minimum absolute atomic E-state index is 0.0647. The number of rotatable bonds is 6. The molecule has 1 saturated heterocycles. The van der Waals surface area contributed by atoms with Crippen LogP contribution in [0, 0.1) is 5.92 Å². The molecule has 0 radical (unpaired) electrons. The van der Waals surface area contributed by atoms with E-state index >= 15 is 0 Å². The van der Waals surface area contributed by atoms with E-state index in [0.717, 1.165) is 30.1 Å². The van der Waals surface area contributed by atoms with Crippen molar-refractivity contribution in [1.82, 2.24) is 15.6 Å². The number of aromatic nitrogens is 1. The average Bonchev–Trinajstić information content (AvgIpc) is 3.42. The Hall–Kier alpha value is -2.44. The summed E-state index contributed by atoms with van der Waals surface area (Å²) in [5.74, 6) is 1.28. The summed E-state index contributed by atoms with van der Waals surface area (Å²) >= 11 is 1.37. The lowest BCUT2D eigenvalue weighted by Gasteiger charge is -2.09. The molecule has 134 valence electrons. The van der Waals surface area contributed by atoms with Crippen molar-refractivity contribution in [2.75, 3.05) is 19.6 Å². The molecule has 2 N–H and O–H groups in total. The van der Waals surface area contributed by atoms with Gasteiger partial charge in [-0.15, -0.1) is 11.3 Å². The third kappa shape index (κ3) is 3.71. The average molecular weight is 367 g/mol. The molecule has 3 heterocycles. The van der Waals surface area contributed by atoms with Gasteiger partial charge in [0.05, 0.1) is 12.0 Å². The number of nitrogens with zero attached hydrogens (tertiary/aromatic N) is 1. The van der Waals surface area contributed by atoms with Gasteiger partial charge in [-0.05, 0) is 44.0 Å². The maximum atomic E-state index is 12.8. The van der Waals surface area contributed by atoms with Crippen LogP contribution in [0.3, 0.4) is 0 Å². The molecule has 0 bridgehead atoms. The number of furan rings is 1. The van der Waals surface area contributed by atoms with E-state index in [4.69, 9.17) is 4.42 Å². The van der Waals surface area contributed by atoms with E-state index in [1.165, 1.54) is 17.8 Å². The second-order valence-electron chi connectivity index (χ2n) is 6.44. The predicted molar refractivity (Wildman–Crippen MR) is 103 cm³/mol. The zero-order valence-corrected chi connectivity index (χ0v) is 15.2. The standard InChI is InChI=1S/C20H21N3O2S/c24-19(22-11-9-14-8-10-21-13-14)18-17(15-5-2-1-3-6-15)23-20(26-18)16-7-4-12-25-16/h1-7,12,14,21H,8-11,13H2,(H,22,24). The molecule has 26 heavy (non-hydrogen) atoms. The van der Waals surface area contributed by atoms with Gasteiger partial charge >= 0.3 is 0 Å². The van der Waals surface area contributed by atoms with E-state index in [0.29, 0.717) is 28.8 Å². The minimum atomic E-state index is -0.0647. The van der Waals surface area contributed by atoms with Gasteiger partial charge in [-0.2, -0.15) is 0 Å². The van der Waals surface area contributed by atoms with Crippen LogP contribution in [0.25, 0.3) is 22.0 Å². The Balaban J connectivity index is 1.55. The first-order chi connectivity index (χ1) is 12.8. The Labute approximate surface area is 156 Å². The molecular formula is C20H21N3O2S. The monoisotopic (exact) mass is 367 g/mol. The molecule has 5 nitrogen and oxygen atoms in total. The summed E-state index contributed by atoms with van der Waals surface area (Å²) in [4.78, 5) is 18.1. The molecule has 1 atom stereocenters. The smallest absolute Gasteiger partial charge is 0.263 e. The minimum Gasteiger partial charge on any atom is -0.462 e. The molecule has 0 spiro atoms. The second-order valence-corrected chi connectivity index (χ2v) is 7.44. The molecule has 0 aliphatic carbocycles. The summed E-state index contributed by atoms with van der Waals surface area (Å²) in [6.45, 7) is 2.82. The molecule has 0 saturated carbocycles. The fraction of sp³-hybridized carbons (Fsp3) is 0.300. The molecular weight excluding hydrogens is 346 g/mol. The van der Waals surface area contributed by atoms with Crippen molar-refractivity contribution in [3.05, 3.63) is 53.6 Å². The van der Waals surface area contributed by atoms with E-state index in [1.807, 2.05) is 42.5 Å². The van der Waals surface area contributed by atoms with Crippen molar-refractivity contribution in [2.24, 2.45) is 5.92 Å². The van der Waals surface area contributed by atoms with Gasteiger partial charge in [-0.1, -0.05) is 30.3 Å². The van der Waals surface area contributed by atoms with Gasteiger partial charge in [0.15, 0.2) is 10.8 Å². The van der Waals surface area contributed by atoms with Crippen LogP contribution in [0.15, 0.2) is 53.1 Å². The van der Waals surface area contributed by atoms with Crippen LogP contribution < -0.4 is 10.6 Å². The van der Waals surface area contributed by atoms with E-state index in [9.17, 15) is 4.79 Å². The highest BCUT2D eigenvalue weighted by Gasteiger charge is 2.21. The van der Waals surface area contributed by atoms with Crippen LogP contribution in [0.4, 0.5) is 0 Å². The van der Waals surface area contributed by atoms with Gasteiger partial charge in [0.25, 0.3) is 5.91 Å². The van der Waals surface area contributed by atoms with Gasteiger partial charge in [0.2, 0.25) is 0 Å². The normalized spacial score (nSPS) is 16.7. The Morgan fingerprint density at radius 1 is 1.27 bits per heavy atom. The summed E-state index contributed by atoms with van der Waals surface area (Å²) < 4.78 is 5.46. The van der Waals surface area contributed by atoms with E-state index in [-0.39, 0.29) is 5.91 Å². The first-order valence-corrected chi connectivity index (χ1v) is 9.72. The molecule has 1 fully saturated rings. The number of thiazole rings is 1. The Bertz CT molecular complexity index is 853. The SMILES string of the molecule is O=C(NCCC1CCNC1)c1sc(-c2ccco2)nc1-c1ccccc1. The third-order valence-corrected chi connectivity index (χ3v) is 5.68. The van der Waals surface area contributed by atoms with Crippen LogP contribution in [-0.4, -0.2) is 30.5 Å². The number of amides is 1. The first kappa shape index (κ1) is 17.0. The molecule has 1 unspecified atom stereocenters. The highest BCUT2D eigenvalue weighted by molar-refractivity contribution is 7.17. The van der Waals surface area contributed by atoms with Crippen LogP contribution in [0.5, 0.6) is 0 Å². The molecule has 4 rings (SSSR count). The zero-order valence-electron chi connectivity index (χ0n) is 14.4. The molecule has 3 aromatic rings. The van der Waals surface area contributed by atoms with Gasteiger partial charge in [0.1, 0.15) is 4.88 Å². The van der Waals surface area contributed by atoms with Crippen molar-refractivity contribution in [1.29, 1.82) is 0 Å². The van der Waals surface area contributed by atoms with E-state index in [2.05, 4.69) is 15.6 Å². The lowest BCUT2D eigenvalue weighted by Crippen LogP contribution is -2.26. The van der Waals surface area contributed by atoms with Crippen LogP contribution in [0.2, 0.25) is 0 Å². The number of carbonyl (C=O) groups is 1. The summed E-state index contributed by atoms with van der Waals surface area (Å²) in [7, 11) is 0. The molecule has 2 aromatic heterocycles. The number of nitrogens with one attached hydrogen (secondary N) is 2. The number of hydrogen-bond acceptors (Lipinski definition) is 5. The van der Waals surface area contributed by atoms with Crippen molar-refractivity contribution in [2.45, 2.75) is 12.8 Å². The van der Waals surface area contributed by atoms with Gasteiger partial charge in [-0.3, -0.25) is 4.79 Å².